The number of nitrogens with zero attached hydrogens (tertiary/aromatic N) is 3. The lowest BCUT2D eigenvalue weighted by Gasteiger charge is -2.08. The lowest BCUT2D eigenvalue weighted by molar-refractivity contribution is -0.120. The highest BCUT2D eigenvalue weighted by atomic mass is 32.1. The van der Waals surface area contributed by atoms with E-state index < -0.39 is 0 Å². The number of carbonyl (C=O) groups excluding carboxylic acids is 1. The molecule has 0 fully saturated rings. The molecule has 1 N–H and O–H groups in total. The number of thiazole rings is 1. The largest absolute Gasteiger partial charge is 0.497 e. The van der Waals surface area contributed by atoms with E-state index >= 15 is 0 Å². The maximum atomic E-state index is 12.3. The SMILES string of the molecule is COc1ccc(CC(=O)NCCn2nc(-c3sc(-c4ccccc4)nc3C)ccc2=O)cc1. The van der Waals surface area contributed by atoms with Gasteiger partial charge in [0.15, 0.2) is 0 Å². The summed E-state index contributed by atoms with van der Waals surface area (Å²) in [5.41, 5.74) is 3.28. The maximum absolute atomic E-state index is 12.3. The van der Waals surface area contributed by atoms with Crippen LogP contribution < -0.4 is 15.6 Å². The maximum Gasteiger partial charge on any atom is 0.266 e. The van der Waals surface area contributed by atoms with Gasteiger partial charge in [-0.1, -0.05) is 42.5 Å². The fraction of sp³-hybridized carbons (Fsp3) is 0.200. The molecule has 2 heterocycles. The highest BCUT2D eigenvalue weighted by Gasteiger charge is 2.14. The Morgan fingerprint density at radius 3 is 2.55 bits per heavy atom. The van der Waals surface area contributed by atoms with E-state index in [1.165, 1.54) is 10.7 Å². The second kappa shape index (κ2) is 10.2. The zero-order valence-corrected chi connectivity index (χ0v) is 19.3. The van der Waals surface area contributed by atoms with Gasteiger partial charge in [-0.25, -0.2) is 9.67 Å². The summed E-state index contributed by atoms with van der Waals surface area (Å²) < 4.78 is 6.51. The normalized spacial score (nSPS) is 10.7. The molecule has 0 saturated carbocycles. The second-order valence-corrected chi connectivity index (χ2v) is 8.45. The van der Waals surface area contributed by atoms with Crippen LogP contribution in [0.15, 0.2) is 71.5 Å². The van der Waals surface area contributed by atoms with Gasteiger partial charge in [-0.15, -0.1) is 11.3 Å². The van der Waals surface area contributed by atoms with Crippen molar-refractivity contribution in [2.75, 3.05) is 13.7 Å². The summed E-state index contributed by atoms with van der Waals surface area (Å²) >= 11 is 1.55. The first-order chi connectivity index (χ1) is 16.0. The monoisotopic (exact) mass is 460 g/mol. The molecule has 0 saturated heterocycles. The molecule has 8 heteroatoms. The van der Waals surface area contributed by atoms with Crippen molar-refractivity contribution in [3.63, 3.8) is 0 Å². The molecule has 0 spiro atoms. The van der Waals surface area contributed by atoms with Crippen molar-refractivity contribution in [1.82, 2.24) is 20.1 Å². The number of methoxy groups -OCH3 is 1. The molecule has 0 bridgehead atoms. The van der Waals surface area contributed by atoms with E-state index in [2.05, 4.69) is 15.4 Å². The van der Waals surface area contributed by atoms with Gasteiger partial charge in [-0.3, -0.25) is 9.59 Å². The van der Waals surface area contributed by atoms with E-state index in [4.69, 9.17) is 4.74 Å². The number of aryl methyl sites for hydroxylation is 1. The summed E-state index contributed by atoms with van der Waals surface area (Å²) in [6, 6.07) is 20.5. The standard InChI is InChI=1S/C25H24N4O3S/c1-17-24(33-25(27-17)19-6-4-3-5-7-19)21-12-13-23(31)29(28-21)15-14-26-22(30)16-18-8-10-20(32-2)11-9-18/h3-13H,14-16H2,1-2H3,(H,26,30). The van der Waals surface area contributed by atoms with E-state index in [-0.39, 0.29) is 24.4 Å². The summed E-state index contributed by atoms with van der Waals surface area (Å²) in [6.45, 7) is 2.53. The number of nitrogens with one attached hydrogen (secondary N) is 1. The van der Waals surface area contributed by atoms with E-state index in [9.17, 15) is 9.59 Å². The Labute approximate surface area is 195 Å². The minimum Gasteiger partial charge on any atom is -0.497 e. The number of hydrogen-bond acceptors (Lipinski definition) is 6. The van der Waals surface area contributed by atoms with Crippen LogP contribution in [0.2, 0.25) is 0 Å². The van der Waals surface area contributed by atoms with E-state index in [1.54, 1.807) is 24.5 Å². The molecule has 0 aliphatic heterocycles. The number of rotatable bonds is 8. The smallest absolute Gasteiger partial charge is 0.266 e. The molecule has 1 amide bonds. The lowest BCUT2D eigenvalue weighted by Crippen LogP contribution is -2.32. The summed E-state index contributed by atoms with van der Waals surface area (Å²) in [5, 5.41) is 8.28. The number of aromatic nitrogens is 3. The second-order valence-electron chi connectivity index (χ2n) is 7.45. The van der Waals surface area contributed by atoms with Crippen molar-refractivity contribution in [2.45, 2.75) is 19.9 Å². The third-order valence-electron chi connectivity index (χ3n) is 5.09. The molecule has 33 heavy (non-hydrogen) atoms. The Balaban J connectivity index is 1.41. The zero-order valence-electron chi connectivity index (χ0n) is 18.4. The zero-order chi connectivity index (χ0) is 23.2. The highest BCUT2D eigenvalue weighted by Crippen LogP contribution is 2.33. The van der Waals surface area contributed by atoms with Gasteiger partial charge in [0.05, 0.1) is 30.6 Å². The van der Waals surface area contributed by atoms with Crippen LogP contribution in [0.5, 0.6) is 5.75 Å². The summed E-state index contributed by atoms with van der Waals surface area (Å²) in [6.07, 6.45) is 0.259. The molecule has 0 aliphatic rings. The van der Waals surface area contributed by atoms with Crippen molar-refractivity contribution < 1.29 is 9.53 Å². The van der Waals surface area contributed by atoms with E-state index in [1.807, 2.05) is 61.5 Å². The lowest BCUT2D eigenvalue weighted by atomic mass is 10.1. The third kappa shape index (κ3) is 5.53. The number of benzene rings is 2. The molecule has 168 valence electrons. The summed E-state index contributed by atoms with van der Waals surface area (Å²) in [7, 11) is 1.60. The number of ether oxygens (including phenoxy) is 1. The van der Waals surface area contributed by atoms with Crippen LogP contribution in [0.25, 0.3) is 21.1 Å². The van der Waals surface area contributed by atoms with Gasteiger partial charge in [0.2, 0.25) is 5.91 Å². The number of amides is 1. The van der Waals surface area contributed by atoms with Gasteiger partial charge >= 0.3 is 0 Å². The van der Waals surface area contributed by atoms with Gasteiger partial charge in [-0.05, 0) is 30.7 Å². The fourth-order valence-corrected chi connectivity index (χ4v) is 4.40. The van der Waals surface area contributed by atoms with Crippen molar-refractivity contribution in [1.29, 1.82) is 0 Å². The van der Waals surface area contributed by atoms with Crippen molar-refractivity contribution in [3.8, 4) is 26.9 Å². The van der Waals surface area contributed by atoms with Crippen molar-refractivity contribution >= 4 is 17.2 Å². The quantitative estimate of drug-likeness (QED) is 0.433. The van der Waals surface area contributed by atoms with Crippen LogP contribution in [0, 0.1) is 6.92 Å². The minimum atomic E-state index is -0.214. The van der Waals surface area contributed by atoms with Gasteiger partial charge in [0.25, 0.3) is 5.56 Å². The number of carbonyl (C=O) groups is 1. The fourth-order valence-electron chi connectivity index (χ4n) is 3.36. The Hall–Kier alpha value is -3.78. The molecular formula is C25H24N4O3S. The first kappa shape index (κ1) is 22.4. The number of hydrogen-bond donors (Lipinski definition) is 1. The first-order valence-corrected chi connectivity index (χ1v) is 11.4. The minimum absolute atomic E-state index is 0.116. The molecule has 4 aromatic rings. The first-order valence-electron chi connectivity index (χ1n) is 10.5. The van der Waals surface area contributed by atoms with Crippen LogP contribution in [0.4, 0.5) is 0 Å². The predicted molar refractivity (Wildman–Crippen MR) is 129 cm³/mol. The molecule has 4 rings (SSSR count). The van der Waals surface area contributed by atoms with E-state index in [0.29, 0.717) is 12.2 Å². The molecule has 2 aromatic heterocycles. The average molecular weight is 461 g/mol. The highest BCUT2D eigenvalue weighted by molar-refractivity contribution is 7.18. The van der Waals surface area contributed by atoms with Crippen LogP contribution in [-0.2, 0) is 17.8 Å². The van der Waals surface area contributed by atoms with Gasteiger partial charge in [0, 0.05) is 18.2 Å². The molecule has 0 radical (unpaired) electrons. The molecule has 0 aliphatic carbocycles. The predicted octanol–water partition coefficient (Wildman–Crippen LogP) is 3.71. The van der Waals surface area contributed by atoms with Gasteiger partial charge in [-0.2, -0.15) is 5.10 Å². The van der Waals surface area contributed by atoms with Gasteiger partial charge < -0.3 is 10.1 Å². The molecule has 0 atom stereocenters. The van der Waals surface area contributed by atoms with Crippen LogP contribution >= 0.6 is 11.3 Å². The van der Waals surface area contributed by atoms with Gasteiger partial charge in [0.1, 0.15) is 16.5 Å². The third-order valence-corrected chi connectivity index (χ3v) is 6.32. The van der Waals surface area contributed by atoms with E-state index in [0.717, 1.165) is 32.5 Å². The topological polar surface area (TPSA) is 86.1 Å². The Morgan fingerprint density at radius 2 is 1.82 bits per heavy atom. The Morgan fingerprint density at radius 1 is 1.06 bits per heavy atom. The molecule has 7 nitrogen and oxygen atoms in total. The summed E-state index contributed by atoms with van der Waals surface area (Å²) in [4.78, 5) is 30.2. The van der Waals surface area contributed by atoms with Crippen LogP contribution in [0.1, 0.15) is 11.3 Å². The van der Waals surface area contributed by atoms with Crippen LogP contribution in [-0.4, -0.2) is 34.3 Å². The summed E-state index contributed by atoms with van der Waals surface area (Å²) in [5.74, 6) is 0.631. The molecular weight excluding hydrogens is 436 g/mol. The average Bonchev–Trinajstić information content (AvgIpc) is 3.23. The van der Waals surface area contributed by atoms with Crippen LogP contribution in [0.3, 0.4) is 0 Å². The van der Waals surface area contributed by atoms with Crippen molar-refractivity contribution in [3.05, 3.63) is 88.3 Å². The van der Waals surface area contributed by atoms with Crippen molar-refractivity contribution in [2.24, 2.45) is 0 Å². The Bertz CT molecular complexity index is 1300. The molecule has 0 unspecified atom stereocenters. The molecule has 2 aromatic carbocycles. The Kier molecular flexibility index (Phi) is 6.95.